The predicted molar refractivity (Wildman–Crippen MR) is 207 cm³/mol. The number of aryl methyl sites for hydroxylation is 1. The van der Waals surface area contributed by atoms with E-state index in [2.05, 4.69) is 10.0 Å². The molecule has 2 aromatic carbocycles. The average Bonchev–Trinajstić information content (AvgIpc) is 3.57. The van der Waals surface area contributed by atoms with Crippen molar-refractivity contribution in [3.05, 3.63) is 58.7 Å². The number of sulfonamides is 2. The molecule has 1 aliphatic carbocycles. The van der Waals surface area contributed by atoms with E-state index in [0.717, 1.165) is 17.3 Å². The monoisotopic (exact) mass is 804 g/mol. The van der Waals surface area contributed by atoms with Crippen molar-refractivity contribution in [2.45, 2.75) is 114 Å². The standard InChI is InChI=1S/C38H52N4O9S3/c1-6-52-38(46)35(44)31(18-14-27-12-15-29(16-13-27)40-54(49,50)36-24(2)20-33(51-5)25(3)26(36)4)39-37(45)32-19-17-30-21-41(22-34(43)42(30)32)53(47,48)23-28-10-8-7-9-11-28/h7-11,20,27,29-32,40H,6,12-19,21-23H2,1-5H3,(H,39,45)/t27?,29?,30-,31+,32-/m0/s1. The molecule has 0 aromatic heterocycles. The number of amides is 2. The van der Waals surface area contributed by atoms with Crippen LogP contribution >= 0.6 is 11.8 Å². The van der Waals surface area contributed by atoms with Crippen molar-refractivity contribution in [2.75, 3.05) is 26.0 Å². The highest BCUT2D eigenvalue weighted by molar-refractivity contribution is 8.15. The van der Waals surface area contributed by atoms with Gasteiger partial charge in [-0.05, 0) is 112 Å². The van der Waals surface area contributed by atoms with E-state index in [0.29, 0.717) is 73.1 Å². The van der Waals surface area contributed by atoms with Gasteiger partial charge in [-0.15, -0.1) is 0 Å². The van der Waals surface area contributed by atoms with Crippen LogP contribution in [0.3, 0.4) is 0 Å². The van der Waals surface area contributed by atoms with E-state index in [9.17, 15) is 36.0 Å². The van der Waals surface area contributed by atoms with Crippen LogP contribution in [0.5, 0.6) is 5.75 Å². The Morgan fingerprint density at radius 1 is 0.963 bits per heavy atom. The first-order valence-electron chi connectivity index (χ1n) is 18.6. The van der Waals surface area contributed by atoms with Gasteiger partial charge in [0, 0.05) is 18.6 Å². The topological polar surface area (TPSA) is 176 Å². The predicted octanol–water partition coefficient (Wildman–Crippen LogP) is 3.78. The number of nitrogens with zero attached hydrogens (tertiary/aromatic N) is 2. The summed E-state index contributed by atoms with van der Waals surface area (Å²) >= 11 is 0.880. The summed E-state index contributed by atoms with van der Waals surface area (Å²) in [5, 5.41) is 2.16. The molecule has 3 atom stereocenters. The molecule has 2 aromatic rings. The Hall–Kier alpha value is -3.31. The van der Waals surface area contributed by atoms with Gasteiger partial charge < -0.3 is 15.0 Å². The first kappa shape index (κ1) is 41.8. The number of ether oxygens (including phenoxy) is 1. The van der Waals surface area contributed by atoms with Crippen molar-refractivity contribution in [1.82, 2.24) is 19.2 Å². The smallest absolute Gasteiger partial charge is 0.257 e. The molecule has 0 radical (unpaired) electrons. The maximum absolute atomic E-state index is 13.7. The summed E-state index contributed by atoms with van der Waals surface area (Å²) in [6.45, 7) is 6.83. The van der Waals surface area contributed by atoms with Crippen molar-refractivity contribution in [3.8, 4) is 5.75 Å². The van der Waals surface area contributed by atoms with Crippen LogP contribution < -0.4 is 14.8 Å². The number of ketones is 1. The van der Waals surface area contributed by atoms with E-state index in [1.807, 2.05) is 6.92 Å². The van der Waals surface area contributed by atoms with Gasteiger partial charge in [0.05, 0.1) is 30.3 Å². The molecule has 0 bridgehead atoms. The van der Waals surface area contributed by atoms with Gasteiger partial charge in [-0.3, -0.25) is 19.2 Å². The Morgan fingerprint density at radius 3 is 2.30 bits per heavy atom. The summed E-state index contributed by atoms with van der Waals surface area (Å²) in [4.78, 5) is 54.9. The van der Waals surface area contributed by atoms with Gasteiger partial charge in [-0.1, -0.05) is 49.0 Å². The Morgan fingerprint density at radius 2 is 1.65 bits per heavy atom. The van der Waals surface area contributed by atoms with Gasteiger partial charge in [0.15, 0.2) is 0 Å². The van der Waals surface area contributed by atoms with Crippen molar-refractivity contribution in [2.24, 2.45) is 5.92 Å². The summed E-state index contributed by atoms with van der Waals surface area (Å²) in [6, 6.07) is 7.79. The minimum atomic E-state index is -3.79. The molecular weight excluding hydrogens is 753 g/mol. The first-order valence-corrected chi connectivity index (χ1v) is 22.6. The number of carbonyl (C=O) groups excluding carboxylic acids is 4. The van der Waals surface area contributed by atoms with Crippen molar-refractivity contribution >= 4 is 54.5 Å². The molecule has 0 unspecified atom stereocenters. The number of methoxy groups -OCH3 is 1. The molecule has 2 N–H and O–H groups in total. The van der Waals surface area contributed by atoms with Crippen LogP contribution in [0.2, 0.25) is 0 Å². The average molecular weight is 805 g/mol. The SMILES string of the molecule is CCSC(=O)C(=O)[C@@H](CCC1CCC(NS(=O)(=O)c2c(C)cc(OC)c(C)c2C)CC1)NC(=O)[C@@H]1CC[C@H]2CN(S(=O)(=O)Cc3ccccc3)CC(=O)N21. The fraction of sp³-hybridized carbons (Fsp3) is 0.579. The molecule has 5 rings (SSSR count). The molecule has 2 heterocycles. The molecule has 3 fully saturated rings. The first-order chi connectivity index (χ1) is 25.6. The van der Waals surface area contributed by atoms with Crippen molar-refractivity contribution < 1.29 is 40.8 Å². The van der Waals surface area contributed by atoms with Crippen LogP contribution in [0.4, 0.5) is 0 Å². The minimum absolute atomic E-state index is 0.0798. The third kappa shape index (κ3) is 9.55. The molecule has 2 amide bonds. The van der Waals surface area contributed by atoms with E-state index in [4.69, 9.17) is 4.74 Å². The van der Waals surface area contributed by atoms with Crippen LogP contribution in [0.1, 0.15) is 80.5 Å². The number of nitrogens with one attached hydrogen (secondary N) is 2. The van der Waals surface area contributed by atoms with Crippen LogP contribution in [-0.2, 0) is 45.0 Å². The zero-order chi connectivity index (χ0) is 39.4. The number of carbonyl (C=O) groups is 4. The molecule has 54 heavy (non-hydrogen) atoms. The van der Waals surface area contributed by atoms with Crippen molar-refractivity contribution in [1.29, 1.82) is 0 Å². The summed E-state index contributed by atoms with van der Waals surface area (Å²) in [5.74, 6) is -0.740. The van der Waals surface area contributed by atoms with E-state index in [1.165, 1.54) is 9.21 Å². The normalized spacial score (nSPS) is 22.8. The third-order valence-electron chi connectivity index (χ3n) is 11.0. The number of thioether (sulfide) groups is 1. The molecule has 3 aliphatic rings. The second-order valence-electron chi connectivity index (χ2n) is 14.6. The molecule has 296 valence electrons. The van der Waals surface area contributed by atoms with Gasteiger partial charge in [0.2, 0.25) is 37.6 Å². The van der Waals surface area contributed by atoms with Gasteiger partial charge in [0.25, 0.3) is 5.12 Å². The summed E-state index contributed by atoms with van der Waals surface area (Å²) in [6.07, 6.45) is 4.11. The Kier molecular flexibility index (Phi) is 13.7. The van der Waals surface area contributed by atoms with Gasteiger partial charge in [-0.25, -0.2) is 21.6 Å². The number of hydrogen-bond acceptors (Lipinski definition) is 10. The molecule has 13 nitrogen and oxygen atoms in total. The second kappa shape index (κ2) is 17.7. The third-order valence-corrected chi connectivity index (χ3v) is 15.3. The number of fused-ring (bicyclic) bond motifs is 1. The van der Waals surface area contributed by atoms with Crippen molar-refractivity contribution in [3.63, 3.8) is 0 Å². The Balaban J connectivity index is 1.18. The van der Waals surface area contributed by atoms with Crippen LogP contribution in [-0.4, -0.2) is 98.9 Å². The molecule has 16 heteroatoms. The lowest BCUT2D eigenvalue weighted by Crippen LogP contribution is -2.60. The summed E-state index contributed by atoms with van der Waals surface area (Å²) in [5.41, 5.74) is 2.64. The lowest BCUT2D eigenvalue weighted by molar-refractivity contribution is -0.144. The fourth-order valence-electron chi connectivity index (χ4n) is 8.09. The van der Waals surface area contributed by atoms with E-state index < -0.39 is 60.9 Å². The van der Waals surface area contributed by atoms with E-state index >= 15 is 0 Å². The lowest BCUT2D eigenvalue weighted by atomic mass is 9.82. The zero-order valence-corrected chi connectivity index (χ0v) is 34.1. The second-order valence-corrected chi connectivity index (χ2v) is 19.5. The van der Waals surface area contributed by atoms with E-state index in [-0.39, 0.29) is 42.1 Å². The number of piperazine rings is 1. The highest BCUT2D eigenvalue weighted by atomic mass is 32.2. The molecule has 2 aliphatic heterocycles. The molecular formula is C38H52N4O9S3. The highest BCUT2D eigenvalue weighted by Crippen LogP contribution is 2.34. The molecule has 0 spiro atoms. The zero-order valence-electron chi connectivity index (χ0n) is 31.6. The van der Waals surface area contributed by atoms with Gasteiger partial charge in [-0.2, -0.15) is 4.31 Å². The number of hydrogen-bond donors (Lipinski definition) is 2. The molecule has 1 saturated carbocycles. The quantitative estimate of drug-likeness (QED) is 0.252. The van der Waals surface area contributed by atoms with E-state index in [1.54, 1.807) is 64.3 Å². The summed E-state index contributed by atoms with van der Waals surface area (Å²) in [7, 11) is -6.02. The van der Waals surface area contributed by atoms with Crippen LogP contribution in [0, 0.1) is 26.7 Å². The number of Topliss-reactive ketones (excluding diaryl/α,β-unsaturated/α-hetero) is 1. The highest BCUT2D eigenvalue weighted by Gasteiger charge is 2.47. The molecule has 2 saturated heterocycles. The largest absolute Gasteiger partial charge is 0.496 e. The van der Waals surface area contributed by atoms with Crippen LogP contribution in [0.25, 0.3) is 0 Å². The number of rotatable bonds is 15. The van der Waals surface area contributed by atoms with Crippen LogP contribution in [0.15, 0.2) is 41.3 Å². The maximum Gasteiger partial charge on any atom is 0.257 e. The lowest BCUT2D eigenvalue weighted by Gasteiger charge is -2.39. The van der Waals surface area contributed by atoms with Gasteiger partial charge in [0.1, 0.15) is 11.8 Å². The fourth-order valence-corrected chi connectivity index (χ4v) is 12.0. The summed E-state index contributed by atoms with van der Waals surface area (Å²) < 4.78 is 62.9. The number of benzene rings is 2. The Labute approximate surface area is 323 Å². The maximum atomic E-state index is 13.7. The minimum Gasteiger partial charge on any atom is -0.496 e. The van der Waals surface area contributed by atoms with Gasteiger partial charge >= 0.3 is 0 Å². The Bertz CT molecular complexity index is 1950.